The summed E-state index contributed by atoms with van der Waals surface area (Å²) in [6, 6.07) is 15.5. The van der Waals surface area contributed by atoms with Crippen LogP contribution in [0, 0.1) is 0 Å². The maximum atomic E-state index is 12.5. The number of hydrogen-bond acceptors (Lipinski definition) is 6. The highest BCUT2D eigenvalue weighted by Crippen LogP contribution is 2.30. The number of carbonyl (C=O) groups excluding carboxylic acids is 1. The van der Waals surface area contributed by atoms with E-state index in [4.69, 9.17) is 9.15 Å². The number of amides is 1. The van der Waals surface area contributed by atoms with Crippen LogP contribution < -0.4 is 10.1 Å². The fourth-order valence-corrected chi connectivity index (χ4v) is 3.70. The molecule has 148 valence electrons. The second kappa shape index (κ2) is 8.40. The summed E-state index contributed by atoms with van der Waals surface area (Å²) in [6.45, 7) is 2.19. The van der Waals surface area contributed by atoms with Crippen molar-refractivity contribution < 1.29 is 13.9 Å². The molecule has 1 unspecified atom stereocenters. The maximum absolute atomic E-state index is 12.5. The molecular weight excluding hydrogens is 388 g/mol. The molecule has 0 fully saturated rings. The normalized spacial score (nSPS) is 12.1. The van der Waals surface area contributed by atoms with Gasteiger partial charge in [0.15, 0.2) is 0 Å². The van der Waals surface area contributed by atoms with Crippen molar-refractivity contribution in [2.24, 2.45) is 0 Å². The Morgan fingerprint density at radius 1 is 1.21 bits per heavy atom. The van der Waals surface area contributed by atoms with E-state index in [1.165, 1.54) is 11.8 Å². The molecule has 7 nitrogen and oxygen atoms in total. The summed E-state index contributed by atoms with van der Waals surface area (Å²) in [5.41, 5.74) is 2.76. The SMILES string of the molecule is COc1ccccc1CNC(=O)C(C)Sc1nnc(-c2c[nH]c3ccccc23)o1. The second-order valence-electron chi connectivity index (χ2n) is 6.41. The quantitative estimate of drug-likeness (QED) is 0.449. The molecule has 2 aromatic carbocycles. The van der Waals surface area contributed by atoms with Gasteiger partial charge in [-0.05, 0) is 19.1 Å². The number of benzene rings is 2. The molecule has 0 saturated heterocycles. The van der Waals surface area contributed by atoms with Crippen molar-refractivity contribution in [2.75, 3.05) is 7.11 Å². The Balaban J connectivity index is 1.40. The number of H-pyrrole nitrogens is 1. The van der Waals surface area contributed by atoms with E-state index >= 15 is 0 Å². The zero-order valence-corrected chi connectivity index (χ0v) is 16.8. The third-order valence-electron chi connectivity index (χ3n) is 4.52. The van der Waals surface area contributed by atoms with Crippen LogP contribution in [0.3, 0.4) is 0 Å². The number of aromatic amines is 1. The zero-order chi connectivity index (χ0) is 20.2. The number of carbonyl (C=O) groups is 1. The molecule has 2 heterocycles. The first-order valence-corrected chi connectivity index (χ1v) is 10.00. The Morgan fingerprint density at radius 2 is 2.00 bits per heavy atom. The van der Waals surface area contributed by atoms with Crippen molar-refractivity contribution in [1.29, 1.82) is 0 Å². The number of nitrogens with zero attached hydrogens (tertiary/aromatic N) is 2. The second-order valence-corrected chi connectivity index (χ2v) is 7.70. The van der Waals surface area contributed by atoms with Crippen LogP contribution in [-0.2, 0) is 11.3 Å². The third-order valence-corrected chi connectivity index (χ3v) is 5.45. The lowest BCUT2D eigenvalue weighted by atomic mass is 10.2. The summed E-state index contributed by atoms with van der Waals surface area (Å²) in [5.74, 6) is 1.05. The smallest absolute Gasteiger partial charge is 0.277 e. The summed E-state index contributed by atoms with van der Waals surface area (Å²) in [4.78, 5) is 15.7. The fraction of sp³-hybridized carbons (Fsp3) is 0.190. The monoisotopic (exact) mass is 408 g/mol. The number of nitrogens with one attached hydrogen (secondary N) is 2. The molecule has 29 heavy (non-hydrogen) atoms. The lowest BCUT2D eigenvalue weighted by Crippen LogP contribution is -2.30. The maximum Gasteiger partial charge on any atom is 0.277 e. The summed E-state index contributed by atoms with van der Waals surface area (Å²) < 4.78 is 11.1. The minimum absolute atomic E-state index is 0.118. The highest BCUT2D eigenvalue weighted by molar-refractivity contribution is 8.00. The Labute approximate surface area is 171 Å². The van der Waals surface area contributed by atoms with E-state index in [1.807, 2.05) is 54.7 Å². The van der Waals surface area contributed by atoms with Gasteiger partial charge in [-0.2, -0.15) is 0 Å². The van der Waals surface area contributed by atoms with Gasteiger partial charge in [0.2, 0.25) is 5.91 Å². The van der Waals surface area contributed by atoms with Crippen molar-refractivity contribution in [1.82, 2.24) is 20.5 Å². The van der Waals surface area contributed by atoms with E-state index in [0.29, 0.717) is 17.7 Å². The first kappa shape index (κ1) is 19.1. The van der Waals surface area contributed by atoms with E-state index in [-0.39, 0.29) is 11.2 Å². The van der Waals surface area contributed by atoms with Gasteiger partial charge in [-0.3, -0.25) is 4.79 Å². The Hall–Kier alpha value is -3.26. The molecule has 0 aliphatic carbocycles. The first-order chi connectivity index (χ1) is 14.2. The molecule has 0 spiro atoms. The number of thioether (sulfide) groups is 1. The average Bonchev–Trinajstić information content (AvgIpc) is 3.38. The lowest BCUT2D eigenvalue weighted by molar-refractivity contribution is -0.120. The molecular formula is C21H20N4O3S. The molecule has 4 rings (SSSR count). The summed E-state index contributed by atoms with van der Waals surface area (Å²) >= 11 is 1.23. The van der Waals surface area contributed by atoms with Gasteiger partial charge in [0.05, 0.1) is 17.9 Å². The van der Waals surface area contributed by atoms with Crippen LogP contribution in [0.1, 0.15) is 12.5 Å². The number of aromatic nitrogens is 3. The van der Waals surface area contributed by atoms with E-state index in [0.717, 1.165) is 27.8 Å². The van der Waals surface area contributed by atoms with Crippen molar-refractivity contribution in [3.05, 3.63) is 60.3 Å². The highest BCUT2D eigenvalue weighted by atomic mass is 32.2. The van der Waals surface area contributed by atoms with Gasteiger partial charge in [0.25, 0.3) is 11.1 Å². The largest absolute Gasteiger partial charge is 0.496 e. The molecule has 2 N–H and O–H groups in total. The van der Waals surface area contributed by atoms with Crippen LogP contribution >= 0.6 is 11.8 Å². The van der Waals surface area contributed by atoms with Gasteiger partial charge < -0.3 is 19.5 Å². The summed E-state index contributed by atoms with van der Waals surface area (Å²) in [6.07, 6.45) is 1.84. The van der Waals surface area contributed by atoms with Crippen LogP contribution in [0.15, 0.2) is 64.4 Å². The molecule has 0 saturated carbocycles. The van der Waals surface area contributed by atoms with E-state index < -0.39 is 0 Å². The minimum atomic E-state index is -0.388. The van der Waals surface area contributed by atoms with Crippen LogP contribution in [0.25, 0.3) is 22.4 Å². The topological polar surface area (TPSA) is 93.0 Å². The molecule has 0 aliphatic rings. The summed E-state index contributed by atoms with van der Waals surface area (Å²) in [5, 5.41) is 12.1. The fourth-order valence-electron chi connectivity index (χ4n) is 2.99. The van der Waals surface area contributed by atoms with E-state index in [9.17, 15) is 4.79 Å². The Kier molecular flexibility index (Phi) is 5.53. The number of para-hydroxylation sites is 2. The van der Waals surface area contributed by atoms with E-state index in [1.54, 1.807) is 14.0 Å². The molecule has 1 amide bonds. The summed E-state index contributed by atoms with van der Waals surface area (Å²) in [7, 11) is 1.61. The molecule has 8 heteroatoms. The standard InChI is InChI=1S/C21H20N4O3S/c1-13(19(26)23-11-14-7-3-6-10-18(14)27-2)29-21-25-24-20(28-21)16-12-22-17-9-5-4-8-15(16)17/h3-10,12-13,22H,11H2,1-2H3,(H,23,26). The molecule has 2 aromatic heterocycles. The molecule has 0 radical (unpaired) electrons. The molecule has 4 aromatic rings. The Morgan fingerprint density at radius 3 is 2.86 bits per heavy atom. The Bertz CT molecular complexity index is 1140. The van der Waals surface area contributed by atoms with Crippen LogP contribution in [0.4, 0.5) is 0 Å². The van der Waals surface area contributed by atoms with Gasteiger partial charge in [-0.25, -0.2) is 0 Å². The number of fused-ring (bicyclic) bond motifs is 1. The van der Waals surface area contributed by atoms with Crippen molar-refractivity contribution >= 4 is 28.6 Å². The van der Waals surface area contributed by atoms with Crippen molar-refractivity contribution in [3.63, 3.8) is 0 Å². The molecule has 0 aliphatic heterocycles. The van der Waals surface area contributed by atoms with Gasteiger partial charge >= 0.3 is 0 Å². The highest BCUT2D eigenvalue weighted by Gasteiger charge is 2.20. The number of methoxy groups -OCH3 is 1. The number of ether oxygens (including phenoxy) is 1. The van der Waals surface area contributed by atoms with Crippen LogP contribution in [0.2, 0.25) is 0 Å². The molecule has 1 atom stereocenters. The van der Waals surface area contributed by atoms with Gasteiger partial charge in [0.1, 0.15) is 5.75 Å². The van der Waals surface area contributed by atoms with Gasteiger partial charge in [0, 0.05) is 29.2 Å². The number of hydrogen-bond donors (Lipinski definition) is 2. The van der Waals surface area contributed by atoms with Crippen molar-refractivity contribution in [3.8, 4) is 17.2 Å². The van der Waals surface area contributed by atoms with Crippen LogP contribution in [0.5, 0.6) is 5.75 Å². The third kappa shape index (κ3) is 4.12. The average molecular weight is 408 g/mol. The van der Waals surface area contributed by atoms with Crippen molar-refractivity contribution in [2.45, 2.75) is 23.9 Å². The molecule has 0 bridgehead atoms. The lowest BCUT2D eigenvalue weighted by Gasteiger charge is -2.12. The minimum Gasteiger partial charge on any atom is -0.496 e. The number of rotatable bonds is 7. The first-order valence-electron chi connectivity index (χ1n) is 9.12. The predicted molar refractivity (Wildman–Crippen MR) is 112 cm³/mol. The predicted octanol–water partition coefficient (Wildman–Crippen LogP) is 4.02. The van der Waals surface area contributed by atoms with Gasteiger partial charge in [-0.15, -0.1) is 10.2 Å². The zero-order valence-electron chi connectivity index (χ0n) is 16.0. The van der Waals surface area contributed by atoms with Crippen LogP contribution in [-0.4, -0.2) is 33.4 Å². The van der Waals surface area contributed by atoms with E-state index in [2.05, 4.69) is 20.5 Å². The van der Waals surface area contributed by atoms with Gasteiger partial charge in [-0.1, -0.05) is 48.2 Å².